The van der Waals surface area contributed by atoms with Gasteiger partial charge in [0.1, 0.15) is 11.6 Å². The first-order chi connectivity index (χ1) is 22.6. The predicted molar refractivity (Wildman–Crippen MR) is 178 cm³/mol. The summed E-state index contributed by atoms with van der Waals surface area (Å²) in [6.07, 6.45) is 11.0. The number of piperazine rings is 1. The van der Waals surface area contributed by atoms with Crippen LogP contribution in [0.4, 0.5) is 0 Å². The summed E-state index contributed by atoms with van der Waals surface area (Å²) in [7, 11) is 0. The van der Waals surface area contributed by atoms with Gasteiger partial charge >= 0.3 is 0 Å². The number of benzene rings is 1. The summed E-state index contributed by atoms with van der Waals surface area (Å²) in [5.74, 6) is 2.26. The molecule has 6 aliphatic rings. The van der Waals surface area contributed by atoms with E-state index < -0.39 is 6.04 Å². The number of aromatic nitrogens is 1. The predicted octanol–water partition coefficient (Wildman–Crippen LogP) is 3.97. The lowest BCUT2D eigenvalue weighted by Gasteiger charge is -2.62. The number of pyridine rings is 1. The van der Waals surface area contributed by atoms with E-state index in [0.717, 1.165) is 56.3 Å². The van der Waals surface area contributed by atoms with Crippen LogP contribution in [-0.2, 0) is 4.79 Å². The van der Waals surface area contributed by atoms with Gasteiger partial charge in [0.25, 0.3) is 5.91 Å². The molecule has 9 heteroatoms. The summed E-state index contributed by atoms with van der Waals surface area (Å²) in [6.45, 7) is 8.04. The van der Waals surface area contributed by atoms with Crippen molar-refractivity contribution < 1.29 is 24.5 Å². The molecule has 4 aliphatic carbocycles. The first-order valence-electron chi connectivity index (χ1n) is 18.4. The van der Waals surface area contributed by atoms with Gasteiger partial charge in [0, 0.05) is 50.2 Å². The van der Waals surface area contributed by atoms with Crippen molar-refractivity contribution in [2.75, 3.05) is 32.7 Å². The second-order valence-corrected chi connectivity index (χ2v) is 16.5. The molecule has 8 rings (SSSR count). The van der Waals surface area contributed by atoms with Gasteiger partial charge in [0.05, 0.1) is 12.2 Å². The average Bonchev–Trinajstić information content (AvgIpc) is 3.68. The first-order valence-corrected chi connectivity index (χ1v) is 18.4. The van der Waals surface area contributed by atoms with Crippen LogP contribution in [0.1, 0.15) is 88.4 Å². The third kappa shape index (κ3) is 5.01. The summed E-state index contributed by atoms with van der Waals surface area (Å²) in [5.41, 5.74) is 1.11. The van der Waals surface area contributed by atoms with Crippen LogP contribution in [0.5, 0.6) is 0 Å². The van der Waals surface area contributed by atoms with Crippen molar-refractivity contribution in [3.63, 3.8) is 0 Å². The Bertz CT molecular complexity index is 1540. The number of rotatable bonds is 3. The van der Waals surface area contributed by atoms with Gasteiger partial charge in [-0.3, -0.25) is 14.5 Å². The molecular weight excluding hydrogens is 592 g/mol. The highest BCUT2D eigenvalue weighted by Crippen LogP contribution is 2.66. The van der Waals surface area contributed by atoms with Gasteiger partial charge in [-0.25, -0.2) is 0 Å². The zero-order valence-electron chi connectivity index (χ0n) is 28.1. The topological polar surface area (TPSA) is 111 Å². The minimum absolute atomic E-state index is 0.00151. The Hall–Kier alpha value is -2.75. The molecule has 2 aromatic rings. The summed E-state index contributed by atoms with van der Waals surface area (Å²) >= 11 is 0. The maximum Gasteiger partial charge on any atom is 0.260 e. The number of amides is 2. The van der Waals surface area contributed by atoms with Crippen molar-refractivity contribution in [3.05, 3.63) is 47.3 Å². The van der Waals surface area contributed by atoms with Crippen LogP contribution >= 0.6 is 0 Å². The van der Waals surface area contributed by atoms with Crippen LogP contribution in [0, 0.1) is 39.7 Å². The van der Waals surface area contributed by atoms with Crippen molar-refractivity contribution in [1.82, 2.24) is 14.7 Å². The lowest BCUT2D eigenvalue weighted by atomic mass is 9.44. The highest BCUT2D eigenvalue weighted by Gasteiger charge is 2.61. The van der Waals surface area contributed by atoms with E-state index in [0.29, 0.717) is 66.2 Å². The Balaban J connectivity index is 0.927. The molecule has 254 valence electrons. The van der Waals surface area contributed by atoms with E-state index in [1.807, 2.05) is 17.0 Å². The fraction of sp³-hybridized carbons (Fsp3) is 0.711. The van der Waals surface area contributed by atoms with Crippen LogP contribution in [-0.4, -0.2) is 93.7 Å². The second-order valence-electron chi connectivity index (χ2n) is 16.5. The molecule has 2 aliphatic heterocycles. The van der Waals surface area contributed by atoms with E-state index in [1.54, 1.807) is 23.1 Å². The Morgan fingerprint density at radius 2 is 1.68 bits per heavy atom. The van der Waals surface area contributed by atoms with E-state index in [2.05, 4.69) is 18.7 Å². The number of carbonyl (C=O) groups is 2. The normalized spacial score (nSPS) is 40.6. The van der Waals surface area contributed by atoms with Gasteiger partial charge in [0.15, 0.2) is 6.20 Å². The molecule has 4 saturated carbocycles. The number of fused-ring (bicyclic) bond motifs is 6. The van der Waals surface area contributed by atoms with Crippen LogP contribution in [0.2, 0.25) is 0 Å². The van der Waals surface area contributed by atoms with Gasteiger partial charge in [-0.15, -0.1) is 0 Å². The van der Waals surface area contributed by atoms with Gasteiger partial charge in [-0.05, 0) is 111 Å². The van der Waals surface area contributed by atoms with E-state index in [-0.39, 0.29) is 40.9 Å². The maximum absolute atomic E-state index is 13.9. The molecule has 2 saturated heterocycles. The van der Waals surface area contributed by atoms with Crippen LogP contribution in [0.3, 0.4) is 0 Å². The minimum atomic E-state index is -0.508. The molecule has 3 unspecified atom stereocenters. The zero-order chi connectivity index (χ0) is 32.7. The Morgan fingerprint density at radius 1 is 0.915 bits per heavy atom. The van der Waals surface area contributed by atoms with Gasteiger partial charge < -0.3 is 25.2 Å². The largest absolute Gasteiger partial charge is 0.618 e. The van der Waals surface area contributed by atoms with Crippen molar-refractivity contribution in [3.8, 4) is 0 Å². The number of likely N-dealkylation sites (tertiary alicyclic amines) is 1. The van der Waals surface area contributed by atoms with Crippen LogP contribution in [0.15, 0.2) is 36.5 Å². The quantitative estimate of drug-likeness (QED) is 0.387. The number of para-hydroxylation sites is 1. The number of carbonyl (C=O) groups excluding carboxylic acids is 2. The number of nitrogens with zero attached hydrogens (tertiary/aromatic N) is 4. The Kier molecular flexibility index (Phi) is 7.84. The van der Waals surface area contributed by atoms with E-state index in [4.69, 9.17) is 0 Å². The first kappa shape index (κ1) is 31.5. The fourth-order valence-corrected chi connectivity index (χ4v) is 11.9. The molecule has 2 amide bonds. The third-order valence-electron chi connectivity index (χ3n) is 14.5. The number of hydrogen-bond acceptors (Lipinski definition) is 6. The molecule has 0 bridgehead atoms. The number of aliphatic hydroxyl groups excluding tert-OH is 2. The molecular formula is C38H52N4O5. The highest BCUT2D eigenvalue weighted by atomic mass is 16.5. The second kappa shape index (κ2) is 11.7. The Labute approximate surface area is 278 Å². The number of aliphatic hydroxyl groups is 2. The molecule has 2 N–H and O–H groups in total. The van der Waals surface area contributed by atoms with E-state index >= 15 is 0 Å². The zero-order valence-corrected chi connectivity index (χ0v) is 28.1. The van der Waals surface area contributed by atoms with Crippen molar-refractivity contribution >= 4 is 22.7 Å². The summed E-state index contributed by atoms with van der Waals surface area (Å²) in [4.78, 5) is 33.6. The van der Waals surface area contributed by atoms with E-state index in [9.17, 15) is 25.0 Å². The lowest BCUT2D eigenvalue weighted by Crippen LogP contribution is -2.62. The highest BCUT2D eigenvalue weighted by molar-refractivity contribution is 5.99. The Morgan fingerprint density at radius 3 is 2.49 bits per heavy atom. The molecule has 3 heterocycles. The summed E-state index contributed by atoms with van der Waals surface area (Å²) < 4.78 is 0.745. The molecule has 47 heavy (non-hydrogen) atoms. The van der Waals surface area contributed by atoms with Crippen molar-refractivity contribution in [2.45, 2.75) is 102 Å². The van der Waals surface area contributed by atoms with Gasteiger partial charge in [0.2, 0.25) is 11.4 Å². The molecule has 1 aromatic carbocycles. The third-order valence-corrected chi connectivity index (χ3v) is 14.5. The molecule has 6 fully saturated rings. The molecule has 10 atom stereocenters. The average molecular weight is 645 g/mol. The van der Waals surface area contributed by atoms with Gasteiger partial charge in [-0.2, -0.15) is 4.73 Å². The van der Waals surface area contributed by atoms with Crippen LogP contribution in [0.25, 0.3) is 10.9 Å². The molecule has 9 nitrogen and oxygen atoms in total. The fourth-order valence-electron chi connectivity index (χ4n) is 11.9. The molecule has 1 aromatic heterocycles. The van der Waals surface area contributed by atoms with E-state index in [1.165, 1.54) is 25.5 Å². The maximum atomic E-state index is 13.9. The minimum Gasteiger partial charge on any atom is -0.618 e. The summed E-state index contributed by atoms with van der Waals surface area (Å²) in [5, 5.41) is 35.7. The van der Waals surface area contributed by atoms with Gasteiger partial charge in [-0.1, -0.05) is 26.0 Å². The van der Waals surface area contributed by atoms with Crippen LogP contribution < -0.4 is 4.73 Å². The summed E-state index contributed by atoms with van der Waals surface area (Å²) in [6, 6.07) is 8.57. The number of hydrogen-bond donors (Lipinski definition) is 2. The standard InChI is InChI=1S/C38H52N4O5/c1-37-14-13-29-27(28(37)11-12-34(37)44)10-9-26-21-33(43)32(22-38(26,29)2)39-16-18-40(19-17-39)36(46)31-8-5-15-41(31)35(45)25-20-24-6-3-4-7-30(24)42(47)23-25/h3-4,6-7,20,23,26-29,31-34,43-44H,5,8-19,21-22H2,1-2H3/t26-,27?,28?,29?,31-,32-,33-,34-,37-,38-/m0/s1. The molecule has 0 radical (unpaired) electrons. The molecule has 0 spiro atoms. The monoisotopic (exact) mass is 644 g/mol. The SMILES string of the molecule is C[C@]12CCC3C(CC[C@H]4C[C@H](O)[C@@H](N5CCN(C(=O)[C@@H]6CCCN6C(=O)c6cc7ccccc7[n+]([O-])c6)CC5)C[C@]34C)C1CC[C@@H]2O. The lowest BCUT2D eigenvalue weighted by molar-refractivity contribution is -0.577. The van der Waals surface area contributed by atoms with Crippen molar-refractivity contribution in [2.24, 2.45) is 34.5 Å². The van der Waals surface area contributed by atoms with Crippen molar-refractivity contribution in [1.29, 1.82) is 0 Å². The smallest absolute Gasteiger partial charge is 0.260 e.